The zero-order valence-corrected chi connectivity index (χ0v) is 31.2. The lowest BCUT2D eigenvalue weighted by Gasteiger charge is -2.27. The summed E-state index contributed by atoms with van der Waals surface area (Å²) < 4.78 is 12.0. The summed E-state index contributed by atoms with van der Waals surface area (Å²) in [5.74, 6) is -3.27. The van der Waals surface area contributed by atoms with Gasteiger partial charge in [-0.3, -0.25) is 19.2 Å². The van der Waals surface area contributed by atoms with E-state index in [1.165, 1.54) is 23.0 Å². The van der Waals surface area contributed by atoms with E-state index in [1.54, 1.807) is 0 Å². The van der Waals surface area contributed by atoms with Gasteiger partial charge < -0.3 is 42.4 Å². The first-order chi connectivity index (χ1) is 23.7. The smallest absolute Gasteiger partial charge is 0.328 e. The van der Waals surface area contributed by atoms with Gasteiger partial charge in [0, 0.05) is 35.1 Å². The van der Waals surface area contributed by atoms with Crippen LogP contribution in [0.4, 0.5) is 0 Å². The van der Waals surface area contributed by atoms with Crippen LogP contribution in [-0.2, 0) is 33.4 Å². The molecule has 0 aliphatic rings. The minimum Gasteiger partial charge on any atom is -1.00 e. The quantitative estimate of drug-likeness (QED) is 0.0461. The monoisotopic (exact) mass is 788 g/mol. The fourth-order valence-electron chi connectivity index (χ4n) is 5.36. The number of rotatable bonds is 20. The molecule has 0 heterocycles. The lowest BCUT2D eigenvalue weighted by atomic mass is 10.1. The predicted octanol–water partition coefficient (Wildman–Crippen LogP) is -0.219. The van der Waals surface area contributed by atoms with Crippen molar-refractivity contribution in [1.29, 1.82) is 0 Å². The molecule has 0 saturated carbocycles. The van der Waals surface area contributed by atoms with Gasteiger partial charge in [-0.1, -0.05) is 54.6 Å². The predicted molar refractivity (Wildman–Crippen MR) is 192 cm³/mol. The second-order valence-corrected chi connectivity index (χ2v) is 15.3. The number of esters is 2. The second kappa shape index (κ2) is 22.6. The van der Waals surface area contributed by atoms with Crippen molar-refractivity contribution < 1.29 is 50.4 Å². The Balaban J connectivity index is 0.00000867. The maximum Gasteiger partial charge on any atom is 0.328 e. The van der Waals surface area contributed by atoms with Crippen LogP contribution in [0.2, 0.25) is 0 Å². The van der Waals surface area contributed by atoms with Crippen molar-refractivity contribution in [2.24, 2.45) is 4.58 Å². The first-order valence-electron chi connectivity index (χ1n) is 15.8. The minimum atomic E-state index is -2.05. The van der Waals surface area contributed by atoms with Crippen LogP contribution in [0.3, 0.4) is 0 Å². The molecule has 268 valence electrons. The highest BCUT2D eigenvalue weighted by Gasteiger charge is 2.44. The number of halogens is 1. The normalized spacial score (nSPS) is 11.9. The lowest BCUT2D eigenvalue weighted by Crippen LogP contribution is -3.00. The zero-order chi connectivity index (χ0) is 35.5. The summed E-state index contributed by atoms with van der Waals surface area (Å²) >= 11 is 0.523. The van der Waals surface area contributed by atoms with E-state index >= 15 is 0 Å². The average Bonchev–Trinajstić information content (AvgIpc) is 3.14. The van der Waals surface area contributed by atoms with Crippen LogP contribution in [0.5, 0.6) is 0 Å². The number of nitrogens with one attached hydrogen (secondary N) is 3. The average molecular weight is 790 g/mol. The van der Waals surface area contributed by atoms with Crippen molar-refractivity contribution in [3.8, 4) is 0 Å². The van der Waals surface area contributed by atoms with E-state index in [9.17, 15) is 28.9 Å². The number of nitrogens with zero attached hydrogens (tertiary/aromatic N) is 1. The van der Waals surface area contributed by atoms with E-state index < -0.39 is 49.6 Å². The third kappa shape index (κ3) is 12.6. The molecule has 0 aromatic heterocycles. The summed E-state index contributed by atoms with van der Waals surface area (Å²) in [5, 5.41) is 11.2. The molecule has 3 aromatic rings. The number of hydrogen-bond donors (Lipinski definition) is 3. The Kier molecular flexibility index (Phi) is 19.0. The van der Waals surface area contributed by atoms with Crippen LogP contribution >= 0.6 is 19.2 Å². The molecule has 2 atom stereocenters. The Morgan fingerprint density at radius 2 is 1.22 bits per heavy atom. The van der Waals surface area contributed by atoms with E-state index in [4.69, 9.17) is 4.74 Å². The number of carbonyl (C=O) groups excluding carboxylic acids is 5. The summed E-state index contributed by atoms with van der Waals surface area (Å²) in [7, 11) is 0.299. The van der Waals surface area contributed by atoms with Crippen molar-refractivity contribution >= 4 is 64.8 Å². The van der Waals surface area contributed by atoms with Gasteiger partial charge in [-0.05, 0) is 55.7 Å². The van der Waals surface area contributed by atoms with Crippen molar-refractivity contribution in [3.05, 3.63) is 95.9 Å². The summed E-state index contributed by atoms with van der Waals surface area (Å²) in [6, 6.07) is 29.1. The Morgan fingerprint density at radius 1 is 0.720 bits per heavy atom. The SMILES string of the molecule is COC(=O)CNC(=O)C(CSN=O)NC(=O)CCC(NC(=O)CCCC[P+](c1ccccc1)(c1ccccc1)c1ccccc1)C(=O)OC.[Br-]. The largest absolute Gasteiger partial charge is 1.00 e. The van der Waals surface area contributed by atoms with Gasteiger partial charge >= 0.3 is 11.9 Å². The molecule has 0 fully saturated rings. The van der Waals surface area contributed by atoms with Crippen molar-refractivity contribution in [2.75, 3.05) is 32.7 Å². The molecule has 12 nitrogen and oxygen atoms in total. The number of benzene rings is 3. The van der Waals surface area contributed by atoms with E-state index in [-0.39, 0.29) is 47.9 Å². The van der Waals surface area contributed by atoms with Crippen LogP contribution in [0.1, 0.15) is 32.1 Å². The fourth-order valence-corrected chi connectivity index (χ4v) is 10.2. The van der Waals surface area contributed by atoms with E-state index in [2.05, 4.69) is 98.1 Å². The first-order valence-corrected chi connectivity index (χ1v) is 18.7. The van der Waals surface area contributed by atoms with Crippen LogP contribution in [0.15, 0.2) is 95.6 Å². The number of hydrogen-bond acceptors (Lipinski definition) is 10. The zero-order valence-electron chi connectivity index (χ0n) is 27.9. The number of nitroso groups, excluding NO2 is 1. The topological polar surface area (TPSA) is 169 Å². The van der Waals surface area contributed by atoms with Gasteiger partial charge in [0.15, 0.2) is 0 Å². The molecule has 0 radical (unpaired) electrons. The molecular formula is C35H42BrN4O8PS. The molecule has 3 N–H and O–H groups in total. The third-order valence-electron chi connectivity index (χ3n) is 7.80. The molecule has 0 saturated heterocycles. The molecule has 15 heteroatoms. The van der Waals surface area contributed by atoms with Gasteiger partial charge in [0.25, 0.3) is 0 Å². The molecule has 0 aliphatic carbocycles. The molecular weight excluding hydrogens is 747 g/mol. The number of ether oxygens (including phenoxy) is 2. The molecule has 3 amide bonds. The molecule has 0 bridgehead atoms. The van der Waals surface area contributed by atoms with E-state index in [0.29, 0.717) is 18.4 Å². The van der Waals surface area contributed by atoms with Crippen molar-refractivity contribution in [2.45, 2.75) is 44.2 Å². The molecule has 3 rings (SSSR count). The van der Waals surface area contributed by atoms with Crippen LogP contribution < -0.4 is 48.8 Å². The molecule has 2 unspecified atom stereocenters. The highest BCUT2D eigenvalue weighted by atomic mass is 79.9. The first kappa shape index (κ1) is 42.0. The van der Waals surface area contributed by atoms with Crippen LogP contribution in [-0.4, -0.2) is 74.4 Å². The van der Waals surface area contributed by atoms with Gasteiger partial charge in [0.05, 0.1) is 20.4 Å². The van der Waals surface area contributed by atoms with Crippen LogP contribution in [0.25, 0.3) is 0 Å². The second-order valence-electron chi connectivity index (χ2n) is 11.0. The van der Waals surface area contributed by atoms with Gasteiger partial charge in [-0.2, -0.15) is 0 Å². The van der Waals surface area contributed by atoms with Crippen LogP contribution in [0, 0.1) is 4.91 Å². The molecule has 50 heavy (non-hydrogen) atoms. The van der Waals surface area contributed by atoms with Crippen molar-refractivity contribution in [3.63, 3.8) is 0 Å². The summed E-state index contributed by atoms with van der Waals surface area (Å²) in [6.45, 7) is -0.426. The van der Waals surface area contributed by atoms with Crippen molar-refractivity contribution in [1.82, 2.24) is 16.0 Å². The Bertz CT molecular complexity index is 1440. The summed E-state index contributed by atoms with van der Waals surface area (Å²) in [5.41, 5.74) is 0. The molecule has 0 aliphatic heterocycles. The Labute approximate surface area is 307 Å². The minimum absolute atomic E-state index is 0. The van der Waals surface area contributed by atoms with Gasteiger partial charge in [0.1, 0.15) is 41.8 Å². The maximum atomic E-state index is 13.0. The van der Waals surface area contributed by atoms with E-state index in [1.807, 2.05) is 18.2 Å². The summed E-state index contributed by atoms with van der Waals surface area (Å²) in [6.07, 6.45) is 1.99. The number of methoxy groups -OCH3 is 2. The number of carbonyl (C=O) groups is 5. The molecule has 3 aromatic carbocycles. The Morgan fingerprint density at radius 3 is 1.70 bits per heavy atom. The maximum absolute atomic E-state index is 13.0. The summed E-state index contributed by atoms with van der Waals surface area (Å²) in [4.78, 5) is 72.7. The van der Waals surface area contributed by atoms with Gasteiger partial charge in [-0.15, -0.1) is 4.91 Å². The Hall–Kier alpha value is -4.13. The fraction of sp³-hybridized carbons (Fsp3) is 0.343. The standard InChI is InChI=1S/C35H41N4O8PS.BrH/c1-46-33(42)24-36-34(43)30(25-49-39-45)38-32(41)22-21-29(35(44)47-2)37-31(40)20-12-13-23-48(26-14-6-3-7-15-26,27-16-8-4-9-17-27)28-18-10-5-11-19-28;/h3-11,14-19,29-30H,12-13,20-25H2,1-2H3,(H2-,36,37,38,40,41,43);1H. The van der Waals surface area contributed by atoms with E-state index in [0.717, 1.165) is 19.7 Å². The number of unbranched alkanes of at least 4 members (excludes halogenated alkanes) is 1. The van der Waals surface area contributed by atoms with Gasteiger partial charge in [-0.25, -0.2) is 4.79 Å². The number of amides is 3. The highest BCUT2D eigenvalue weighted by molar-refractivity contribution is 7.98. The van der Waals surface area contributed by atoms with Gasteiger partial charge in [0.2, 0.25) is 17.7 Å². The lowest BCUT2D eigenvalue weighted by molar-refractivity contribution is -0.145. The molecule has 0 spiro atoms. The highest BCUT2D eigenvalue weighted by Crippen LogP contribution is 2.55. The third-order valence-corrected chi connectivity index (χ3v) is 12.9.